The van der Waals surface area contributed by atoms with Crippen molar-refractivity contribution < 1.29 is 9.90 Å². The van der Waals surface area contributed by atoms with E-state index in [0.717, 1.165) is 0 Å². The smallest absolute Gasteiger partial charge is 0.303 e. The average molecular weight is 222 g/mol. The highest BCUT2D eigenvalue weighted by Crippen LogP contribution is 2.35. The molecule has 1 heterocycles. The van der Waals surface area contributed by atoms with Crippen molar-refractivity contribution in [3.63, 3.8) is 0 Å². The highest BCUT2D eigenvalue weighted by molar-refractivity contribution is 8.02. The molecule has 13 heavy (non-hydrogen) atoms. The van der Waals surface area contributed by atoms with Crippen LogP contribution in [0.15, 0.2) is 12.2 Å². The van der Waals surface area contributed by atoms with Gasteiger partial charge in [-0.3, -0.25) is 4.79 Å². The summed E-state index contributed by atoms with van der Waals surface area (Å²) in [4.78, 5) is 10.5. The molecule has 5 heteroatoms. The molecular weight excluding hydrogens is 210 g/mol. The van der Waals surface area contributed by atoms with Gasteiger partial charge in [-0.1, -0.05) is 12.2 Å². The van der Waals surface area contributed by atoms with E-state index in [1.165, 1.54) is 0 Å². The minimum absolute atomic E-state index is 0.0116. The second kappa shape index (κ2) is 4.88. The zero-order valence-corrected chi connectivity index (χ0v) is 8.59. The first-order valence-electron chi connectivity index (χ1n) is 4.03. The molecule has 0 spiro atoms. The van der Waals surface area contributed by atoms with Gasteiger partial charge < -0.3 is 10.8 Å². The summed E-state index contributed by atoms with van der Waals surface area (Å²) in [5.41, 5.74) is 5.49. The first-order valence-corrected chi connectivity index (χ1v) is 5.41. The standard InChI is InChI=1S/C8H12ClNO2S/c9-7-2-1-6(13-7)5(4-10)3-8(11)12/h1-2,5-7H,3-4,10H2,(H,11,12). The fourth-order valence-corrected chi connectivity index (χ4v) is 2.80. The molecule has 3 unspecified atom stereocenters. The van der Waals surface area contributed by atoms with Gasteiger partial charge in [0.15, 0.2) is 0 Å². The molecule has 3 N–H and O–H groups in total. The predicted octanol–water partition coefficient (Wildman–Crippen LogP) is 1.27. The number of hydrogen-bond acceptors (Lipinski definition) is 3. The molecule has 0 aliphatic carbocycles. The Morgan fingerprint density at radius 1 is 1.69 bits per heavy atom. The van der Waals surface area contributed by atoms with E-state index in [1.807, 2.05) is 12.2 Å². The van der Waals surface area contributed by atoms with Crippen LogP contribution in [0.5, 0.6) is 0 Å². The Labute approximate surface area is 86.3 Å². The van der Waals surface area contributed by atoms with E-state index >= 15 is 0 Å². The van der Waals surface area contributed by atoms with Gasteiger partial charge in [0.2, 0.25) is 0 Å². The number of halogens is 1. The minimum Gasteiger partial charge on any atom is -0.481 e. The van der Waals surface area contributed by atoms with Crippen molar-refractivity contribution in [3.8, 4) is 0 Å². The van der Waals surface area contributed by atoms with E-state index < -0.39 is 5.97 Å². The van der Waals surface area contributed by atoms with Crippen molar-refractivity contribution in [3.05, 3.63) is 12.2 Å². The molecule has 1 aliphatic heterocycles. The Morgan fingerprint density at radius 3 is 2.77 bits per heavy atom. The van der Waals surface area contributed by atoms with E-state index in [0.29, 0.717) is 6.54 Å². The number of thioether (sulfide) groups is 1. The molecule has 0 aromatic rings. The van der Waals surface area contributed by atoms with Crippen molar-refractivity contribution >= 4 is 29.3 Å². The molecule has 0 aromatic heterocycles. The second-order valence-corrected chi connectivity index (χ2v) is 4.98. The van der Waals surface area contributed by atoms with Gasteiger partial charge >= 0.3 is 5.97 Å². The maximum atomic E-state index is 10.5. The summed E-state index contributed by atoms with van der Waals surface area (Å²) < 4.78 is -0.0344. The summed E-state index contributed by atoms with van der Waals surface area (Å²) in [7, 11) is 0. The van der Waals surface area contributed by atoms with Crippen LogP contribution in [0, 0.1) is 5.92 Å². The van der Waals surface area contributed by atoms with Crippen LogP contribution in [0.2, 0.25) is 0 Å². The lowest BCUT2D eigenvalue weighted by Gasteiger charge is -2.18. The number of carboxylic acid groups (broad SMARTS) is 1. The van der Waals surface area contributed by atoms with Crippen LogP contribution >= 0.6 is 23.4 Å². The number of carboxylic acids is 1. The largest absolute Gasteiger partial charge is 0.481 e. The number of alkyl halides is 1. The fourth-order valence-electron chi connectivity index (χ4n) is 1.26. The third-order valence-corrected chi connectivity index (χ3v) is 3.67. The molecule has 0 amide bonds. The number of hydrogen-bond donors (Lipinski definition) is 2. The lowest BCUT2D eigenvalue weighted by molar-refractivity contribution is -0.137. The summed E-state index contributed by atoms with van der Waals surface area (Å²) in [5.74, 6) is -0.815. The quantitative estimate of drug-likeness (QED) is 0.555. The van der Waals surface area contributed by atoms with E-state index in [4.69, 9.17) is 22.4 Å². The molecule has 1 rings (SSSR count). The van der Waals surface area contributed by atoms with Crippen molar-refractivity contribution in [1.82, 2.24) is 0 Å². The first kappa shape index (κ1) is 10.9. The van der Waals surface area contributed by atoms with Gasteiger partial charge in [0.05, 0.1) is 11.1 Å². The molecule has 0 aromatic carbocycles. The van der Waals surface area contributed by atoms with E-state index in [9.17, 15) is 4.79 Å². The van der Waals surface area contributed by atoms with Crippen LogP contribution < -0.4 is 5.73 Å². The molecule has 3 nitrogen and oxygen atoms in total. The van der Waals surface area contributed by atoms with Gasteiger partial charge in [-0.2, -0.15) is 0 Å². The average Bonchev–Trinajstić information content (AvgIpc) is 2.47. The van der Waals surface area contributed by atoms with Crippen LogP contribution in [0.25, 0.3) is 0 Å². The van der Waals surface area contributed by atoms with Crippen molar-refractivity contribution in [1.29, 1.82) is 0 Å². The Bertz CT molecular complexity index is 222. The number of nitrogens with two attached hydrogens (primary N) is 1. The van der Waals surface area contributed by atoms with E-state index in [-0.39, 0.29) is 22.3 Å². The molecule has 0 radical (unpaired) electrons. The van der Waals surface area contributed by atoms with Gasteiger partial charge in [0.25, 0.3) is 0 Å². The van der Waals surface area contributed by atoms with Crippen LogP contribution in [-0.4, -0.2) is 27.6 Å². The van der Waals surface area contributed by atoms with Crippen molar-refractivity contribution in [2.45, 2.75) is 16.4 Å². The number of aliphatic carboxylic acids is 1. The third kappa shape index (κ3) is 3.21. The summed E-state index contributed by atoms with van der Waals surface area (Å²) in [6.45, 7) is 0.387. The third-order valence-electron chi connectivity index (χ3n) is 1.94. The lowest BCUT2D eigenvalue weighted by Crippen LogP contribution is -2.26. The Hall–Kier alpha value is -0.190. The van der Waals surface area contributed by atoms with Crippen LogP contribution in [0.4, 0.5) is 0 Å². The highest BCUT2D eigenvalue weighted by Gasteiger charge is 2.26. The highest BCUT2D eigenvalue weighted by atomic mass is 35.5. The summed E-state index contributed by atoms with van der Waals surface area (Å²) >= 11 is 7.38. The van der Waals surface area contributed by atoms with Crippen molar-refractivity contribution in [2.24, 2.45) is 11.7 Å². The zero-order valence-electron chi connectivity index (χ0n) is 7.02. The zero-order chi connectivity index (χ0) is 9.84. The van der Waals surface area contributed by atoms with E-state index in [1.54, 1.807) is 11.8 Å². The van der Waals surface area contributed by atoms with E-state index in [2.05, 4.69) is 0 Å². The van der Waals surface area contributed by atoms with Gasteiger partial charge in [-0.25, -0.2) is 0 Å². The summed E-state index contributed by atoms with van der Waals surface area (Å²) in [6, 6.07) is 0. The van der Waals surface area contributed by atoms with Crippen LogP contribution in [-0.2, 0) is 4.79 Å². The maximum Gasteiger partial charge on any atom is 0.303 e. The number of rotatable bonds is 4. The molecule has 0 saturated heterocycles. The fraction of sp³-hybridized carbons (Fsp3) is 0.625. The topological polar surface area (TPSA) is 63.3 Å². The monoisotopic (exact) mass is 221 g/mol. The van der Waals surface area contributed by atoms with Gasteiger partial charge in [0.1, 0.15) is 0 Å². The Balaban J connectivity index is 2.47. The number of carbonyl (C=O) groups is 1. The van der Waals surface area contributed by atoms with Gasteiger partial charge in [-0.05, 0) is 12.5 Å². The van der Waals surface area contributed by atoms with Crippen LogP contribution in [0.1, 0.15) is 6.42 Å². The molecule has 0 bridgehead atoms. The molecule has 1 aliphatic rings. The first-order chi connectivity index (χ1) is 6.13. The van der Waals surface area contributed by atoms with Gasteiger partial charge in [-0.15, -0.1) is 23.4 Å². The normalized spacial score (nSPS) is 29.1. The minimum atomic E-state index is -0.803. The maximum absolute atomic E-state index is 10.5. The van der Waals surface area contributed by atoms with Gasteiger partial charge in [0, 0.05) is 5.25 Å². The summed E-state index contributed by atoms with van der Waals surface area (Å²) in [6.07, 6.45) is 3.94. The Kier molecular flexibility index (Phi) is 4.09. The molecule has 3 atom stereocenters. The summed E-state index contributed by atoms with van der Waals surface area (Å²) in [5, 5.41) is 8.78. The molecular formula is C8H12ClNO2S. The molecule has 0 saturated carbocycles. The Morgan fingerprint density at radius 2 is 2.38 bits per heavy atom. The predicted molar refractivity (Wildman–Crippen MR) is 55.0 cm³/mol. The van der Waals surface area contributed by atoms with Crippen molar-refractivity contribution in [2.75, 3.05) is 6.54 Å². The molecule has 0 fully saturated rings. The SMILES string of the molecule is NCC(CC(=O)O)C1C=CC(Cl)S1. The molecule has 74 valence electrons. The second-order valence-electron chi connectivity index (χ2n) is 2.93. The lowest BCUT2D eigenvalue weighted by atomic mass is 10.0. The van der Waals surface area contributed by atoms with Crippen LogP contribution in [0.3, 0.4) is 0 Å².